The van der Waals surface area contributed by atoms with Crippen LogP contribution >= 0.6 is 22.7 Å². The molecule has 2 nitrogen and oxygen atoms in total. The number of hydrogen-bond acceptors (Lipinski definition) is 3. The Labute approximate surface area is 89.5 Å². The molecule has 0 bridgehead atoms. The standard InChI is InChI=1S/C10H9N2S2/c1-2-12-6-14-8-4-3-7-10(9(8)12)13-5-11-7/h3-6H,2H2,1H3/q+1. The molecule has 1 aromatic carbocycles. The lowest BCUT2D eigenvalue weighted by Gasteiger charge is -1.89. The Balaban J connectivity index is 2.58. The van der Waals surface area contributed by atoms with Crippen molar-refractivity contribution in [3.8, 4) is 0 Å². The zero-order chi connectivity index (χ0) is 9.54. The fourth-order valence-electron chi connectivity index (χ4n) is 1.67. The highest BCUT2D eigenvalue weighted by atomic mass is 32.1. The SMILES string of the molecule is CC[n+]1csc2ccc3ncsc3c21. The molecule has 0 spiro atoms. The average molecular weight is 221 g/mol. The van der Waals surface area contributed by atoms with Gasteiger partial charge in [0, 0.05) is 0 Å². The van der Waals surface area contributed by atoms with Crippen molar-refractivity contribution >= 4 is 43.1 Å². The number of nitrogens with zero attached hydrogens (tertiary/aromatic N) is 2. The Bertz CT molecular complexity index is 594. The average Bonchev–Trinajstić information content (AvgIpc) is 2.82. The second kappa shape index (κ2) is 3.00. The maximum absolute atomic E-state index is 4.33. The summed E-state index contributed by atoms with van der Waals surface area (Å²) in [5, 5.41) is 0. The fourth-order valence-corrected chi connectivity index (χ4v) is 3.56. The van der Waals surface area contributed by atoms with Gasteiger partial charge in [0.15, 0.2) is 0 Å². The Hall–Kier alpha value is -1.00. The lowest BCUT2D eigenvalue weighted by molar-refractivity contribution is -0.662. The summed E-state index contributed by atoms with van der Waals surface area (Å²) < 4.78 is 4.95. The van der Waals surface area contributed by atoms with Gasteiger partial charge >= 0.3 is 0 Å². The van der Waals surface area contributed by atoms with Crippen molar-refractivity contribution in [2.75, 3.05) is 0 Å². The molecule has 0 saturated carbocycles. The molecule has 0 aliphatic carbocycles. The van der Waals surface area contributed by atoms with Gasteiger partial charge in [-0.15, -0.1) is 11.3 Å². The van der Waals surface area contributed by atoms with Crippen molar-refractivity contribution in [2.45, 2.75) is 13.5 Å². The monoisotopic (exact) mass is 221 g/mol. The maximum atomic E-state index is 4.33. The van der Waals surface area contributed by atoms with Crippen LogP contribution in [0, 0.1) is 0 Å². The zero-order valence-electron chi connectivity index (χ0n) is 7.73. The number of hydrogen-bond donors (Lipinski definition) is 0. The van der Waals surface area contributed by atoms with Crippen LogP contribution in [0.3, 0.4) is 0 Å². The molecule has 70 valence electrons. The van der Waals surface area contributed by atoms with Crippen molar-refractivity contribution in [2.24, 2.45) is 0 Å². The van der Waals surface area contributed by atoms with Gasteiger partial charge in [-0.1, -0.05) is 11.3 Å². The number of benzene rings is 1. The third kappa shape index (κ3) is 1.01. The predicted molar refractivity (Wildman–Crippen MR) is 60.9 cm³/mol. The molecule has 0 amide bonds. The summed E-state index contributed by atoms with van der Waals surface area (Å²) in [5.41, 5.74) is 6.56. The van der Waals surface area contributed by atoms with E-state index in [9.17, 15) is 0 Å². The van der Waals surface area contributed by atoms with Crippen molar-refractivity contribution < 1.29 is 4.57 Å². The smallest absolute Gasteiger partial charge is 0.243 e. The first-order valence-corrected chi connectivity index (χ1v) is 6.29. The fraction of sp³-hybridized carbons (Fsp3) is 0.200. The van der Waals surface area contributed by atoms with Crippen LogP contribution in [0.25, 0.3) is 20.4 Å². The van der Waals surface area contributed by atoms with Crippen LogP contribution in [0.1, 0.15) is 6.92 Å². The van der Waals surface area contributed by atoms with E-state index in [1.807, 2.05) is 5.51 Å². The summed E-state index contributed by atoms with van der Waals surface area (Å²) in [6.45, 7) is 3.20. The van der Waals surface area contributed by atoms with Crippen LogP contribution in [0.5, 0.6) is 0 Å². The minimum Gasteiger partial charge on any atom is -0.244 e. The van der Waals surface area contributed by atoms with Gasteiger partial charge in [0.05, 0.1) is 11.0 Å². The van der Waals surface area contributed by atoms with Crippen LogP contribution in [-0.4, -0.2) is 4.98 Å². The lowest BCUT2D eigenvalue weighted by atomic mass is 10.3. The van der Waals surface area contributed by atoms with Gasteiger partial charge < -0.3 is 0 Å². The molecular formula is C10H9N2S2+. The van der Waals surface area contributed by atoms with Gasteiger partial charge in [-0.25, -0.2) is 4.98 Å². The van der Waals surface area contributed by atoms with Gasteiger partial charge in [0.2, 0.25) is 11.0 Å². The van der Waals surface area contributed by atoms with E-state index in [4.69, 9.17) is 0 Å². The van der Waals surface area contributed by atoms with Crippen molar-refractivity contribution in [1.82, 2.24) is 4.98 Å². The predicted octanol–water partition coefficient (Wildman–Crippen LogP) is 2.82. The number of rotatable bonds is 1. The molecule has 0 atom stereocenters. The Morgan fingerprint density at radius 3 is 3.14 bits per heavy atom. The van der Waals surface area contributed by atoms with Gasteiger partial charge in [0.1, 0.15) is 15.9 Å². The molecule has 0 unspecified atom stereocenters. The molecule has 2 aromatic heterocycles. The van der Waals surface area contributed by atoms with Gasteiger partial charge in [-0.2, -0.15) is 4.57 Å². The molecule has 4 heteroatoms. The molecule has 2 heterocycles. The van der Waals surface area contributed by atoms with Gasteiger partial charge in [0.25, 0.3) is 0 Å². The number of fused-ring (bicyclic) bond motifs is 3. The summed E-state index contributed by atoms with van der Waals surface area (Å²) in [6.07, 6.45) is 0. The molecule has 0 saturated heterocycles. The topological polar surface area (TPSA) is 16.8 Å². The van der Waals surface area contributed by atoms with E-state index in [0.717, 1.165) is 12.1 Å². The number of aryl methyl sites for hydroxylation is 1. The number of aromatic nitrogens is 2. The van der Waals surface area contributed by atoms with Gasteiger partial charge in [-0.3, -0.25) is 0 Å². The summed E-state index contributed by atoms with van der Waals surface area (Å²) >= 11 is 3.52. The summed E-state index contributed by atoms with van der Waals surface area (Å²) in [5.74, 6) is 0. The van der Waals surface area contributed by atoms with E-state index in [1.54, 1.807) is 22.7 Å². The maximum Gasteiger partial charge on any atom is 0.243 e. The molecule has 0 aliphatic heterocycles. The van der Waals surface area contributed by atoms with Gasteiger partial charge in [-0.05, 0) is 19.1 Å². The zero-order valence-corrected chi connectivity index (χ0v) is 9.36. The van der Waals surface area contributed by atoms with E-state index >= 15 is 0 Å². The van der Waals surface area contributed by atoms with Crippen LogP contribution in [-0.2, 0) is 6.54 Å². The first kappa shape index (κ1) is 8.32. The van der Waals surface area contributed by atoms with Crippen molar-refractivity contribution in [3.05, 3.63) is 23.2 Å². The summed E-state index contributed by atoms with van der Waals surface area (Å²) in [4.78, 5) is 4.33. The minimum atomic E-state index is 1.02. The molecule has 3 rings (SSSR count). The highest BCUT2D eigenvalue weighted by Crippen LogP contribution is 2.27. The molecule has 0 aliphatic rings. The van der Waals surface area contributed by atoms with E-state index < -0.39 is 0 Å². The van der Waals surface area contributed by atoms with Crippen LogP contribution < -0.4 is 4.57 Å². The molecule has 14 heavy (non-hydrogen) atoms. The Morgan fingerprint density at radius 1 is 1.36 bits per heavy atom. The normalized spacial score (nSPS) is 11.5. The summed E-state index contributed by atoms with van der Waals surface area (Å²) in [6, 6.07) is 4.26. The first-order valence-electron chi connectivity index (χ1n) is 4.53. The van der Waals surface area contributed by atoms with Crippen molar-refractivity contribution in [3.63, 3.8) is 0 Å². The molecule has 0 fully saturated rings. The molecule has 0 radical (unpaired) electrons. The van der Waals surface area contributed by atoms with E-state index in [1.165, 1.54) is 14.9 Å². The molecule has 3 aromatic rings. The highest BCUT2D eigenvalue weighted by Gasteiger charge is 2.15. The van der Waals surface area contributed by atoms with Crippen molar-refractivity contribution in [1.29, 1.82) is 0 Å². The quantitative estimate of drug-likeness (QED) is 0.577. The number of thiazole rings is 2. The highest BCUT2D eigenvalue weighted by molar-refractivity contribution is 7.20. The molecular weight excluding hydrogens is 212 g/mol. The minimum absolute atomic E-state index is 1.02. The van der Waals surface area contributed by atoms with E-state index in [0.29, 0.717) is 0 Å². The van der Waals surface area contributed by atoms with E-state index in [-0.39, 0.29) is 0 Å². The largest absolute Gasteiger partial charge is 0.244 e. The van der Waals surface area contributed by atoms with Crippen LogP contribution in [0.15, 0.2) is 23.2 Å². The summed E-state index contributed by atoms with van der Waals surface area (Å²) in [7, 11) is 0. The Kier molecular flexibility index (Phi) is 1.78. The third-order valence-corrected chi connectivity index (χ3v) is 4.16. The second-order valence-electron chi connectivity index (χ2n) is 3.12. The van der Waals surface area contributed by atoms with Crippen LogP contribution in [0.2, 0.25) is 0 Å². The van der Waals surface area contributed by atoms with Crippen LogP contribution in [0.4, 0.5) is 0 Å². The molecule has 0 N–H and O–H groups in total. The first-order chi connectivity index (χ1) is 6.90. The Morgan fingerprint density at radius 2 is 2.29 bits per heavy atom. The van der Waals surface area contributed by atoms with E-state index in [2.05, 4.69) is 34.1 Å². The third-order valence-electron chi connectivity index (χ3n) is 2.37. The second-order valence-corrected chi connectivity index (χ2v) is 4.86. The lowest BCUT2D eigenvalue weighted by Crippen LogP contribution is -2.29.